The van der Waals surface area contributed by atoms with Gasteiger partial charge in [-0.25, -0.2) is 8.42 Å². The molecule has 0 spiro atoms. The molecule has 0 radical (unpaired) electrons. The Hall–Kier alpha value is -3.44. The van der Waals surface area contributed by atoms with Crippen LogP contribution < -0.4 is 14.8 Å². The van der Waals surface area contributed by atoms with Gasteiger partial charge in [-0.05, 0) is 54.8 Å². The van der Waals surface area contributed by atoms with Crippen molar-refractivity contribution < 1.29 is 27.1 Å². The Morgan fingerprint density at radius 2 is 1.73 bits per heavy atom. The topological polar surface area (TPSA) is 124 Å². The lowest BCUT2D eigenvalue weighted by molar-refractivity contribution is 0.0916. The molecule has 2 aliphatic rings. The highest BCUT2D eigenvalue weighted by Crippen LogP contribution is 2.32. The summed E-state index contributed by atoms with van der Waals surface area (Å²) in [6, 6.07) is 11.6. The molecule has 2 aromatic carbocycles. The second kappa shape index (κ2) is 8.83. The molecular weight excluding hydrogens is 448 g/mol. The third-order valence-corrected chi connectivity index (χ3v) is 7.48. The first-order valence-electron chi connectivity index (χ1n) is 10.6. The van der Waals surface area contributed by atoms with E-state index in [0.717, 1.165) is 24.8 Å². The van der Waals surface area contributed by atoms with E-state index in [1.54, 1.807) is 24.3 Å². The molecule has 0 aliphatic carbocycles. The summed E-state index contributed by atoms with van der Waals surface area (Å²) in [5.74, 6) is 0.727. The molecule has 5 rings (SSSR count). The van der Waals surface area contributed by atoms with Crippen LogP contribution in [0, 0.1) is 0 Å². The molecule has 0 bridgehead atoms. The summed E-state index contributed by atoms with van der Waals surface area (Å²) in [6.07, 6.45) is 2.80. The molecule has 3 heterocycles. The molecule has 172 valence electrons. The number of rotatable bonds is 6. The van der Waals surface area contributed by atoms with Gasteiger partial charge in [-0.15, -0.1) is 10.2 Å². The third kappa shape index (κ3) is 4.41. The standard InChI is InChI=1S/C22H22N4O6S/c27-20(23-13-15-4-9-18-19(12-15)31-14-30-18)22-25-24-21(32-22)16-5-7-17(8-6-16)33(28,29)26-10-2-1-3-11-26/h4-9,12H,1-3,10-11,13-14H2,(H,23,27). The highest BCUT2D eigenvalue weighted by atomic mass is 32.2. The van der Waals surface area contributed by atoms with E-state index in [2.05, 4.69) is 15.5 Å². The summed E-state index contributed by atoms with van der Waals surface area (Å²) in [4.78, 5) is 12.6. The first-order chi connectivity index (χ1) is 16.0. The van der Waals surface area contributed by atoms with Crippen LogP contribution in [0.2, 0.25) is 0 Å². The van der Waals surface area contributed by atoms with Gasteiger partial charge in [0.2, 0.25) is 22.7 Å². The first-order valence-corrected chi connectivity index (χ1v) is 12.1. The summed E-state index contributed by atoms with van der Waals surface area (Å²) < 4.78 is 43.2. The number of nitrogens with zero attached hydrogens (tertiary/aromatic N) is 3. The number of nitrogens with one attached hydrogen (secondary N) is 1. The normalized spacial score (nSPS) is 16.0. The average molecular weight is 471 g/mol. The summed E-state index contributed by atoms with van der Waals surface area (Å²) in [5, 5.41) is 10.4. The number of piperidine rings is 1. The number of carbonyl (C=O) groups is 1. The van der Waals surface area contributed by atoms with Crippen molar-refractivity contribution in [2.24, 2.45) is 0 Å². The van der Waals surface area contributed by atoms with Gasteiger partial charge in [0.05, 0.1) is 4.90 Å². The molecule has 2 aliphatic heterocycles. The van der Waals surface area contributed by atoms with Crippen molar-refractivity contribution >= 4 is 15.9 Å². The molecule has 1 amide bonds. The lowest BCUT2D eigenvalue weighted by atomic mass is 10.2. The molecule has 0 saturated carbocycles. The second-order valence-corrected chi connectivity index (χ2v) is 9.71. The van der Waals surface area contributed by atoms with E-state index in [9.17, 15) is 13.2 Å². The van der Waals surface area contributed by atoms with Crippen LogP contribution in [0.25, 0.3) is 11.5 Å². The summed E-state index contributed by atoms with van der Waals surface area (Å²) in [6.45, 7) is 1.51. The maximum atomic E-state index is 12.8. The van der Waals surface area contributed by atoms with Crippen LogP contribution in [0.1, 0.15) is 35.5 Å². The van der Waals surface area contributed by atoms with Crippen molar-refractivity contribution in [2.75, 3.05) is 19.9 Å². The van der Waals surface area contributed by atoms with E-state index in [0.29, 0.717) is 30.2 Å². The molecule has 0 atom stereocenters. The second-order valence-electron chi connectivity index (χ2n) is 7.77. The van der Waals surface area contributed by atoms with Crippen molar-refractivity contribution in [3.05, 3.63) is 53.9 Å². The number of benzene rings is 2. The Bertz CT molecular complexity index is 1270. The fourth-order valence-corrected chi connectivity index (χ4v) is 5.28. The highest BCUT2D eigenvalue weighted by molar-refractivity contribution is 7.89. The number of fused-ring (bicyclic) bond motifs is 1. The number of carbonyl (C=O) groups excluding carboxylic acids is 1. The van der Waals surface area contributed by atoms with Gasteiger partial charge >= 0.3 is 11.8 Å². The quantitative estimate of drug-likeness (QED) is 0.583. The van der Waals surface area contributed by atoms with Gasteiger partial charge in [-0.3, -0.25) is 4.79 Å². The molecule has 11 heteroatoms. The Morgan fingerprint density at radius 3 is 2.52 bits per heavy atom. The van der Waals surface area contributed by atoms with Gasteiger partial charge in [-0.1, -0.05) is 12.5 Å². The van der Waals surface area contributed by atoms with Crippen molar-refractivity contribution in [1.29, 1.82) is 0 Å². The van der Waals surface area contributed by atoms with E-state index in [1.807, 2.05) is 6.07 Å². The van der Waals surface area contributed by atoms with Crippen molar-refractivity contribution in [3.63, 3.8) is 0 Å². The van der Waals surface area contributed by atoms with Crippen molar-refractivity contribution in [2.45, 2.75) is 30.7 Å². The molecule has 1 N–H and O–H groups in total. The van der Waals surface area contributed by atoms with E-state index < -0.39 is 15.9 Å². The summed E-state index contributed by atoms with van der Waals surface area (Å²) in [5.41, 5.74) is 1.35. The molecule has 3 aromatic rings. The first kappa shape index (κ1) is 21.4. The Balaban J connectivity index is 1.24. The van der Waals surface area contributed by atoms with E-state index in [-0.39, 0.29) is 30.0 Å². The zero-order chi connectivity index (χ0) is 22.8. The predicted molar refractivity (Wildman–Crippen MR) is 116 cm³/mol. The fourth-order valence-electron chi connectivity index (χ4n) is 3.76. The molecule has 1 aromatic heterocycles. The zero-order valence-electron chi connectivity index (χ0n) is 17.7. The minimum atomic E-state index is -3.52. The van der Waals surface area contributed by atoms with Gasteiger partial charge in [0.25, 0.3) is 0 Å². The third-order valence-electron chi connectivity index (χ3n) is 5.56. The summed E-state index contributed by atoms with van der Waals surface area (Å²) >= 11 is 0. The Morgan fingerprint density at radius 1 is 0.970 bits per heavy atom. The van der Waals surface area contributed by atoms with Crippen molar-refractivity contribution in [1.82, 2.24) is 19.8 Å². The number of hydrogen-bond acceptors (Lipinski definition) is 8. The lowest BCUT2D eigenvalue weighted by Gasteiger charge is -2.25. The summed E-state index contributed by atoms with van der Waals surface area (Å²) in [7, 11) is -3.52. The Kier molecular flexibility index (Phi) is 5.73. The van der Waals surface area contributed by atoms with Crippen LogP contribution >= 0.6 is 0 Å². The van der Waals surface area contributed by atoms with Crippen LogP contribution in [0.5, 0.6) is 11.5 Å². The number of sulfonamides is 1. The van der Waals surface area contributed by atoms with Crippen molar-refractivity contribution in [3.8, 4) is 23.0 Å². The SMILES string of the molecule is O=C(NCc1ccc2c(c1)OCO2)c1nnc(-c2ccc(S(=O)(=O)N3CCCCC3)cc2)o1. The minimum absolute atomic E-state index is 0.130. The number of aromatic nitrogens is 2. The average Bonchev–Trinajstić information content (AvgIpc) is 3.53. The van der Waals surface area contributed by atoms with Gasteiger partial charge in [-0.2, -0.15) is 4.31 Å². The maximum Gasteiger partial charge on any atom is 0.309 e. The lowest BCUT2D eigenvalue weighted by Crippen LogP contribution is -2.35. The van der Waals surface area contributed by atoms with Gasteiger partial charge in [0.15, 0.2) is 11.5 Å². The van der Waals surface area contributed by atoms with Crippen LogP contribution in [0.3, 0.4) is 0 Å². The minimum Gasteiger partial charge on any atom is -0.454 e. The number of amides is 1. The number of ether oxygens (including phenoxy) is 2. The molecule has 33 heavy (non-hydrogen) atoms. The smallest absolute Gasteiger partial charge is 0.309 e. The molecule has 0 unspecified atom stereocenters. The van der Waals surface area contributed by atoms with E-state index in [1.165, 1.54) is 16.4 Å². The molecule has 1 fully saturated rings. The zero-order valence-corrected chi connectivity index (χ0v) is 18.5. The monoisotopic (exact) mass is 470 g/mol. The Labute approximate surface area is 190 Å². The van der Waals surface area contributed by atoms with Gasteiger partial charge in [0, 0.05) is 25.2 Å². The molecular formula is C22H22N4O6S. The highest BCUT2D eigenvalue weighted by Gasteiger charge is 2.26. The maximum absolute atomic E-state index is 12.8. The fraction of sp³-hybridized carbons (Fsp3) is 0.318. The van der Waals surface area contributed by atoms with Crippen LogP contribution in [-0.4, -0.2) is 48.7 Å². The van der Waals surface area contributed by atoms with Crippen LogP contribution in [0.4, 0.5) is 0 Å². The molecule has 10 nitrogen and oxygen atoms in total. The van der Waals surface area contributed by atoms with Crippen LogP contribution in [-0.2, 0) is 16.6 Å². The van der Waals surface area contributed by atoms with E-state index >= 15 is 0 Å². The van der Waals surface area contributed by atoms with Gasteiger partial charge < -0.3 is 19.2 Å². The van der Waals surface area contributed by atoms with Gasteiger partial charge in [0.1, 0.15) is 0 Å². The predicted octanol–water partition coefficient (Wildman–Crippen LogP) is 2.57. The van der Waals surface area contributed by atoms with E-state index in [4.69, 9.17) is 13.9 Å². The number of hydrogen-bond donors (Lipinski definition) is 1. The van der Waals surface area contributed by atoms with Crippen LogP contribution in [0.15, 0.2) is 51.8 Å². The molecule has 1 saturated heterocycles. The largest absolute Gasteiger partial charge is 0.454 e.